The van der Waals surface area contributed by atoms with Crippen LogP contribution in [0.1, 0.15) is 17.3 Å². The highest BCUT2D eigenvalue weighted by Gasteiger charge is 2.16. The molecule has 0 aliphatic rings. The largest absolute Gasteiger partial charge is 0.465 e. The molecule has 0 aliphatic heterocycles. The van der Waals surface area contributed by atoms with Crippen molar-refractivity contribution in [3.05, 3.63) is 71.0 Å². The third-order valence-electron chi connectivity index (χ3n) is 4.89. The van der Waals surface area contributed by atoms with E-state index in [1.54, 1.807) is 29.7 Å². The van der Waals surface area contributed by atoms with Gasteiger partial charge in [0.2, 0.25) is 0 Å². The average Bonchev–Trinajstić information content (AvgIpc) is 3.09. The van der Waals surface area contributed by atoms with Gasteiger partial charge in [0.25, 0.3) is 5.91 Å². The van der Waals surface area contributed by atoms with E-state index in [9.17, 15) is 18.0 Å². The first kappa shape index (κ1) is 21.9. The van der Waals surface area contributed by atoms with Gasteiger partial charge >= 0.3 is 5.97 Å². The van der Waals surface area contributed by atoms with Gasteiger partial charge < -0.3 is 9.30 Å². The Kier molecular flexibility index (Phi) is 5.94. The van der Waals surface area contributed by atoms with E-state index in [4.69, 9.17) is 4.74 Å². The van der Waals surface area contributed by atoms with Crippen molar-refractivity contribution in [3.63, 3.8) is 0 Å². The average molecular weight is 469 g/mol. The zero-order valence-corrected chi connectivity index (χ0v) is 19.1. The molecule has 3 aromatic carbocycles. The van der Waals surface area contributed by atoms with Crippen molar-refractivity contribution < 1.29 is 22.7 Å². The highest BCUT2D eigenvalue weighted by molar-refractivity contribution is 7.90. The molecule has 0 radical (unpaired) electrons. The minimum atomic E-state index is -3.41. The number of rotatable bonds is 5. The molecule has 0 bridgehead atoms. The van der Waals surface area contributed by atoms with Crippen LogP contribution in [0, 0.1) is 0 Å². The minimum absolute atomic E-state index is 0.145. The van der Waals surface area contributed by atoms with E-state index in [1.807, 2.05) is 30.3 Å². The predicted molar refractivity (Wildman–Crippen MR) is 123 cm³/mol. The molecule has 7 nitrogen and oxygen atoms in total. The molecule has 0 saturated carbocycles. The van der Waals surface area contributed by atoms with E-state index in [0.29, 0.717) is 15.8 Å². The second-order valence-electron chi connectivity index (χ2n) is 7.12. The summed E-state index contributed by atoms with van der Waals surface area (Å²) in [5.74, 6) is -0.923. The van der Waals surface area contributed by atoms with Gasteiger partial charge in [-0.15, -0.1) is 0 Å². The maximum Gasteiger partial charge on any atom is 0.326 e. The van der Waals surface area contributed by atoms with Crippen LogP contribution < -0.4 is 4.80 Å². The van der Waals surface area contributed by atoms with Crippen molar-refractivity contribution >= 4 is 54.0 Å². The zero-order valence-electron chi connectivity index (χ0n) is 17.4. The van der Waals surface area contributed by atoms with Gasteiger partial charge in [-0.25, -0.2) is 8.42 Å². The second-order valence-corrected chi connectivity index (χ2v) is 10.1. The standard InChI is InChI=1S/C23H20N2O5S2/c1-3-30-21(26)14-25-19-12-11-16(32(2,28)29)13-20(19)31-23(25)24-22(27)18-10-6-8-15-7-4-5-9-17(15)18/h4-13H,3,14H2,1-2H3. The summed E-state index contributed by atoms with van der Waals surface area (Å²) in [5.41, 5.74) is 1.04. The van der Waals surface area contributed by atoms with E-state index in [0.717, 1.165) is 28.4 Å². The Labute approximate surface area is 188 Å². The van der Waals surface area contributed by atoms with Crippen molar-refractivity contribution in [1.82, 2.24) is 4.57 Å². The van der Waals surface area contributed by atoms with E-state index >= 15 is 0 Å². The number of benzene rings is 3. The fourth-order valence-corrected chi connectivity index (χ4v) is 5.21. The van der Waals surface area contributed by atoms with Crippen LogP contribution in [0.25, 0.3) is 21.0 Å². The fourth-order valence-electron chi connectivity index (χ4n) is 3.42. The van der Waals surface area contributed by atoms with Crippen molar-refractivity contribution in [3.8, 4) is 0 Å². The second kappa shape index (κ2) is 8.68. The quantitative estimate of drug-likeness (QED) is 0.418. The minimum Gasteiger partial charge on any atom is -0.465 e. The fraction of sp³-hybridized carbons (Fsp3) is 0.174. The number of fused-ring (bicyclic) bond motifs is 2. The molecule has 1 aromatic heterocycles. The summed E-state index contributed by atoms with van der Waals surface area (Å²) in [6.45, 7) is 1.79. The van der Waals surface area contributed by atoms with Crippen LogP contribution in [0.3, 0.4) is 0 Å². The SMILES string of the molecule is CCOC(=O)Cn1c(=NC(=O)c2cccc3ccccc23)sc2cc(S(C)(=O)=O)ccc21. The number of esters is 1. The summed E-state index contributed by atoms with van der Waals surface area (Å²) in [4.78, 5) is 30.1. The van der Waals surface area contributed by atoms with Crippen LogP contribution in [0.2, 0.25) is 0 Å². The molecule has 0 N–H and O–H groups in total. The first-order chi connectivity index (χ1) is 15.3. The molecule has 164 valence electrons. The summed E-state index contributed by atoms with van der Waals surface area (Å²) < 4.78 is 31.2. The van der Waals surface area contributed by atoms with Gasteiger partial charge in [-0.3, -0.25) is 9.59 Å². The maximum atomic E-state index is 13.1. The number of thiazole rings is 1. The third kappa shape index (κ3) is 4.35. The van der Waals surface area contributed by atoms with Crippen molar-refractivity contribution in [2.24, 2.45) is 4.99 Å². The third-order valence-corrected chi connectivity index (χ3v) is 7.04. The smallest absolute Gasteiger partial charge is 0.326 e. The van der Waals surface area contributed by atoms with Gasteiger partial charge in [-0.05, 0) is 42.0 Å². The lowest BCUT2D eigenvalue weighted by Gasteiger charge is -2.06. The number of nitrogens with zero attached hydrogens (tertiary/aromatic N) is 2. The molecule has 0 unspecified atom stereocenters. The molecule has 4 aromatic rings. The van der Waals surface area contributed by atoms with Crippen LogP contribution in [-0.2, 0) is 25.9 Å². The van der Waals surface area contributed by atoms with Crippen molar-refractivity contribution in [1.29, 1.82) is 0 Å². The summed E-state index contributed by atoms with van der Waals surface area (Å²) in [6.07, 6.45) is 1.13. The first-order valence-electron chi connectivity index (χ1n) is 9.84. The molecule has 0 spiro atoms. The molecule has 0 fully saturated rings. The lowest BCUT2D eigenvalue weighted by atomic mass is 10.0. The van der Waals surface area contributed by atoms with E-state index in [2.05, 4.69) is 4.99 Å². The van der Waals surface area contributed by atoms with Crippen LogP contribution in [0.5, 0.6) is 0 Å². The van der Waals surface area contributed by atoms with E-state index < -0.39 is 21.7 Å². The molecule has 4 rings (SSSR count). The molecule has 1 amide bonds. The Hall–Kier alpha value is -3.30. The molecule has 9 heteroatoms. The van der Waals surface area contributed by atoms with Crippen LogP contribution in [0.15, 0.2) is 70.6 Å². The normalized spacial score (nSPS) is 12.4. The number of amides is 1. The Morgan fingerprint density at radius 1 is 1.06 bits per heavy atom. The summed E-state index contributed by atoms with van der Waals surface area (Å²) in [7, 11) is -3.41. The van der Waals surface area contributed by atoms with E-state index in [-0.39, 0.29) is 22.8 Å². The molecule has 0 atom stereocenters. The Bertz CT molecular complexity index is 1530. The van der Waals surface area contributed by atoms with Crippen molar-refractivity contribution in [2.75, 3.05) is 12.9 Å². The molecular formula is C23H20N2O5S2. The molecule has 32 heavy (non-hydrogen) atoms. The van der Waals surface area contributed by atoms with Gasteiger partial charge in [0.1, 0.15) is 6.54 Å². The van der Waals surface area contributed by atoms with Crippen LogP contribution >= 0.6 is 11.3 Å². The highest BCUT2D eigenvalue weighted by atomic mass is 32.2. The lowest BCUT2D eigenvalue weighted by molar-refractivity contribution is -0.143. The van der Waals surface area contributed by atoms with Gasteiger partial charge in [0, 0.05) is 11.8 Å². The Morgan fingerprint density at radius 3 is 2.56 bits per heavy atom. The number of carbonyl (C=O) groups is 2. The topological polar surface area (TPSA) is 94.8 Å². The van der Waals surface area contributed by atoms with Gasteiger partial charge in [-0.2, -0.15) is 4.99 Å². The molecular weight excluding hydrogens is 448 g/mol. The molecule has 0 saturated heterocycles. The van der Waals surface area contributed by atoms with Gasteiger partial charge in [-0.1, -0.05) is 47.7 Å². The number of hydrogen-bond acceptors (Lipinski definition) is 6. The number of carbonyl (C=O) groups excluding carboxylic acids is 2. The van der Waals surface area contributed by atoms with Gasteiger partial charge in [0.05, 0.1) is 21.7 Å². The lowest BCUT2D eigenvalue weighted by Crippen LogP contribution is -2.23. The van der Waals surface area contributed by atoms with Crippen LogP contribution in [0.4, 0.5) is 0 Å². The number of hydrogen-bond donors (Lipinski definition) is 0. The van der Waals surface area contributed by atoms with Gasteiger partial charge in [0.15, 0.2) is 14.6 Å². The number of sulfone groups is 1. The summed E-state index contributed by atoms with van der Waals surface area (Å²) in [5, 5.41) is 1.70. The number of ether oxygens (including phenoxy) is 1. The monoisotopic (exact) mass is 468 g/mol. The predicted octanol–water partition coefficient (Wildman–Crippen LogP) is 3.56. The maximum absolute atomic E-state index is 13.1. The van der Waals surface area contributed by atoms with Crippen LogP contribution in [-0.4, -0.2) is 37.7 Å². The number of aromatic nitrogens is 1. The molecule has 0 aliphatic carbocycles. The van der Waals surface area contributed by atoms with E-state index in [1.165, 1.54) is 12.1 Å². The zero-order chi connectivity index (χ0) is 22.9. The summed E-state index contributed by atoms with van der Waals surface area (Å²) >= 11 is 1.15. The van der Waals surface area contributed by atoms with Crippen molar-refractivity contribution in [2.45, 2.75) is 18.4 Å². The first-order valence-corrected chi connectivity index (χ1v) is 12.5. The highest BCUT2D eigenvalue weighted by Crippen LogP contribution is 2.23. The Morgan fingerprint density at radius 2 is 1.81 bits per heavy atom. The molecule has 1 heterocycles. The summed E-state index contributed by atoms with van der Waals surface area (Å²) in [6, 6.07) is 17.6. The Balaban J connectivity index is 1.90.